The molecule has 1 aliphatic heterocycles. The molecule has 0 fully saturated rings. The van der Waals surface area contributed by atoms with Crippen LogP contribution in [0.1, 0.15) is 11.4 Å². The van der Waals surface area contributed by atoms with E-state index in [-0.39, 0.29) is 0 Å². The molecule has 1 aromatic carbocycles. The number of aromatic nitrogens is 2. The predicted octanol–water partition coefficient (Wildman–Crippen LogP) is 1.88. The Labute approximate surface area is 92.5 Å². The maximum Gasteiger partial charge on any atom is 0.210 e. The largest absolute Gasteiger partial charge is 0.493 e. The van der Waals surface area contributed by atoms with Gasteiger partial charge in [-0.15, -0.1) is 0 Å². The number of nitrogens with zero attached hydrogens (tertiary/aromatic N) is 2. The van der Waals surface area contributed by atoms with Crippen LogP contribution in [-0.4, -0.2) is 16.6 Å². The SMILES string of the molecule is N#Cc1ncc(-c2ccc3c(c2)CCO3)[nH]1. The van der Waals surface area contributed by atoms with Crippen LogP contribution in [0.5, 0.6) is 5.75 Å². The summed E-state index contributed by atoms with van der Waals surface area (Å²) in [4.78, 5) is 6.91. The normalized spacial score (nSPS) is 12.9. The number of hydrogen-bond donors (Lipinski definition) is 1. The zero-order valence-electron chi connectivity index (χ0n) is 8.53. The third kappa shape index (κ3) is 1.34. The highest BCUT2D eigenvalue weighted by atomic mass is 16.5. The molecule has 0 saturated heterocycles. The Bertz CT molecular complexity index is 580. The Morgan fingerprint density at radius 2 is 2.38 bits per heavy atom. The van der Waals surface area contributed by atoms with Crippen LogP contribution in [0.15, 0.2) is 24.4 Å². The van der Waals surface area contributed by atoms with Gasteiger partial charge in [-0.1, -0.05) is 0 Å². The van der Waals surface area contributed by atoms with Gasteiger partial charge in [-0.25, -0.2) is 4.98 Å². The number of nitrogens with one attached hydrogen (secondary N) is 1. The summed E-state index contributed by atoms with van der Waals surface area (Å²) in [6.45, 7) is 0.755. The summed E-state index contributed by atoms with van der Waals surface area (Å²) in [6.07, 6.45) is 2.62. The third-order valence-electron chi connectivity index (χ3n) is 2.68. The second kappa shape index (κ2) is 3.38. The molecule has 4 nitrogen and oxygen atoms in total. The Morgan fingerprint density at radius 3 is 3.19 bits per heavy atom. The molecular formula is C12H9N3O. The number of nitriles is 1. The first kappa shape index (κ1) is 8.98. The van der Waals surface area contributed by atoms with E-state index in [0.29, 0.717) is 5.82 Å². The average Bonchev–Trinajstić information content (AvgIpc) is 2.96. The van der Waals surface area contributed by atoms with Gasteiger partial charge in [-0.2, -0.15) is 5.26 Å². The van der Waals surface area contributed by atoms with Crippen molar-refractivity contribution in [3.8, 4) is 23.1 Å². The van der Waals surface area contributed by atoms with Crippen molar-refractivity contribution in [3.63, 3.8) is 0 Å². The number of benzene rings is 1. The lowest BCUT2D eigenvalue weighted by atomic mass is 10.1. The summed E-state index contributed by atoms with van der Waals surface area (Å²) < 4.78 is 5.44. The highest BCUT2D eigenvalue weighted by Crippen LogP contribution is 2.29. The molecule has 2 aromatic rings. The summed E-state index contributed by atoms with van der Waals surface area (Å²) >= 11 is 0. The summed E-state index contributed by atoms with van der Waals surface area (Å²) in [5.41, 5.74) is 3.12. The van der Waals surface area contributed by atoms with E-state index < -0.39 is 0 Å². The second-order valence-corrected chi connectivity index (χ2v) is 3.68. The van der Waals surface area contributed by atoms with E-state index in [1.807, 2.05) is 18.2 Å². The van der Waals surface area contributed by atoms with Crippen LogP contribution in [0.25, 0.3) is 11.3 Å². The van der Waals surface area contributed by atoms with Crippen LogP contribution in [0.4, 0.5) is 0 Å². The van der Waals surface area contributed by atoms with Crippen LogP contribution in [0, 0.1) is 11.3 Å². The molecule has 4 heteroatoms. The summed E-state index contributed by atoms with van der Waals surface area (Å²) in [5.74, 6) is 1.30. The van der Waals surface area contributed by atoms with Crippen molar-refractivity contribution in [2.45, 2.75) is 6.42 Å². The molecule has 3 rings (SSSR count). The smallest absolute Gasteiger partial charge is 0.210 e. The highest BCUT2D eigenvalue weighted by molar-refractivity contribution is 5.62. The van der Waals surface area contributed by atoms with E-state index in [1.165, 1.54) is 5.56 Å². The molecule has 1 aromatic heterocycles. The number of aromatic amines is 1. The Balaban J connectivity index is 2.04. The predicted molar refractivity (Wildman–Crippen MR) is 57.9 cm³/mol. The Kier molecular flexibility index (Phi) is 1.90. The van der Waals surface area contributed by atoms with Gasteiger partial charge in [0.2, 0.25) is 5.82 Å². The van der Waals surface area contributed by atoms with Gasteiger partial charge in [0.1, 0.15) is 11.8 Å². The van der Waals surface area contributed by atoms with Crippen LogP contribution >= 0.6 is 0 Å². The standard InChI is InChI=1S/C12H9N3O/c13-6-12-14-7-10(15-12)8-1-2-11-9(5-8)3-4-16-11/h1-2,5,7H,3-4H2,(H,14,15). The molecule has 0 atom stereocenters. The average molecular weight is 211 g/mol. The fraction of sp³-hybridized carbons (Fsp3) is 0.167. The number of fused-ring (bicyclic) bond motifs is 1. The molecule has 1 N–H and O–H groups in total. The monoisotopic (exact) mass is 211 g/mol. The zero-order chi connectivity index (χ0) is 11.0. The minimum absolute atomic E-state index is 0.340. The molecule has 0 radical (unpaired) electrons. The van der Waals surface area contributed by atoms with Gasteiger partial charge in [0.15, 0.2) is 0 Å². The number of hydrogen-bond acceptors (Lipinski definition) is 3. The fourth-order valence-corrected chi connectivity index (χ4v) is 1.88. The van der Waals surface area contributed by atoms with Crippen LogP contribution in [0.2, 0.25) is 0 Å². The van der Waals surface area contributed by atoms with Gasteiger partial charge in [-0.3, -0.25) is 0 Å². The maximum absolute atomic E-state index is 8.69. The second-order valence-electron chi connectivity index (χ2n) is 3.68. The van der Waals surface area contributed by atoms with Gasteiger partial charge in [0.05, 0.1) is 18.5 Å². The topological polar surface area (TPSA) is 61.7 Å². The van der Waals surface area contributed by atoms with Crippen molar-refractivity contribution in [2.75, 3.05) is 6.61 Å². The van der Waals surface area contributed by atoms with E-state index in [0.717, 1.165) is 30.0 Å². The number of imidazole rings is 1. The lowest BCUT2D eigenvalue weighted by molar-refractivity contribution is 0.357. The van der Waals surface area contributed by atoms with E-state index in [9.17, 15) is 0 Å². The molecule has 0 bridgehead atoms. The first-order valence-electron chi connectivity index (χ1n) is 5.08. The molecule has 16 heavy (non-hydrogen) atoms. The first-order valence-corrected chi connectivity index (χ1v) is 5.08. The van der Waals surface area contributed by atoms with Crippen molar-refractivity contribution in [1.29, 1.82) is 5.26 Å². The van der Waals surface area contributed by atoms with Crippen molar-refractivity contribution in [1.82, 2.24) is 9.97 Å². The van der Waals surface area contributed by atoms with E-state index in [4.69, 9.17) is 10.00 Å². The molecule has 0 saturated carbocycles. The zero-order valence-corrected chi connectivity index (χ0v) is 8.53. The number of ether oxygens (including phenoxy) is 1. The van der Waals surface area contributed by atoms with E-state index in [1.54, 1.807) is 6.20 Å². The quantitative estimate of drug-likeness (QED) is 0.783. The molecule has 0 aliphatic carbocycles. The van der Waals surface area contributed by atoms with Gasteiger partial charge in [0, 0.05) is 12.0 Å². The van der Waals surface area contributed by atoms with Crippen LogP contribution in [0.3, 0.4) is 0 Å². The third-order valence-corrected chi connectivity index (χ3v) is 2.68. The lowest BCUT2D eigenvalue weighted by Crippen LogP contribution is -1.85. The van der Waals surface area contributed by atoms with Gasteiger partial charge >= 0.3 is 0 Å². The summed E-state index contributed by atoms with van der Waals surface area (Å²) in [6, 6.07) is 7.99. The highest BCUT2D eigenvalue weighted by Gasteiger charge is 2.13. The van der Waals surface area contributed by atoms with Gasteiger partial charge in [0.25, 0.3) is 0 Å². The number of H-pyrrole nitrogens is 1. The molecule has 78 valence electrons. The maximum atomic E-state index is 8.69. The van der Waals surface area contributed by atoms with E-state index in [2.05, 4.69) is 16.0 Å². The number of rotatable bonds is 1. The van der Waals surface area contributed by atoms with Gasteiger partial charge in [-0.05, 0) is 23.8 Å². The molecule has 0 unspecified atom stereocenters. The van der Waals surface area contributed by atoms with Crippen molar-refractivity contribution < 1.29 is 4.74 Å². The lowest BCUT2D eigenvalue weighted by Gasteiger charge is -2.01. The summed E-state index contributed by atoms with van der Waals surface area (Å²) in [5, 5.41) is 8.69. The first-order chi connectivity index (χ1) is 7.86. The summed E-state index contributed by atoms with van der Waals surface area (Å²) in [7, 11) is 0. The molecule has 0 amide bonds. The van der Waals surface area contributed by atoms with E-state index >= 15 is 0 Å². The fourth-order valence-electron chi connectivity index (χ4n) is 1.88. The van der Waals surface area contributed by atoms with Gasteiger partial charge < -0.3 is 9.72 Å². The molecular weight excluding hydrogens is 202 g/mol. The van der Waals surface area contributed by atoms with Crippen LogP contribution in [-0.2, 0) is 6.42 Å². The Morgan fingerprint density at radius 1 is 1.44 bits per heavy atom. The molecule has 2 heterocycles. The Hall–Kier alpha value is -2.28. The van der Waals surface area contributed by atoms with Crippen molar-refractivity contribution >= 4 is 0 Å². The molecule has 1 aliphatic rings. The molecule has 0 spiro atoms. The minimum Gasteiger partial charge on any atom is -0.493 e. The van der Waals surface area contributed by atoms with Crippen LogP contribution < -0.4 is 4.74 Å². The minimum atomic E-state index is 0.340. The van der Waals surface area contributed by atoms with Crippen molar-refractivity contribution in [3.05, 3.63) is 35.8 Å². The van der Waals surface area contributed by atoms with Crippen molar-refractivity contribution in [2.24, 2.45) is 0 Å².